The van der Waals surface area contributed by atoms with Crippen molar-refractivity contribution >= 4 is 11.8 Å². The molecule has 3 heteroatoms. The molecule has 0 spiro atoms. The van der Waals surface area contributed by atoms with E-state index in [9.17, 15) is 9.59 Å². The van der Waals surface area contributed by atoms with Crippen molar-refractivity contribution in [3.63, 3.8) is 0 Å². The predicted molar refractivity (Wildman–Crippen MR) is 55.3 cm³/mol. The Kier molecular flexibility index (Phi) is 2.89. The molecule has 1 saturated carbocycles. The van der Waals surface area contributed by atoms with E-state index in [2.05, 4.69) is 12.2 Å². The Labute approximate surface area is 89.2 Å². The third-order valence-corrected chi connectivity index (χ3v) is 3.51. The van der Waals surface area contributed by atoms with Gasteiger partial charge in [0.25, 0.3) is 0 Å². The number of allylic oxidation sites excluding steroid dienone is 2. The number of carbonyl (C=O) groups is 2. The van der Waals surface area contributed by atoms with Crippen LogP contribution in [0, 0.1) is 17.8 Å². The van der Waals surface area contributed by atoms with Gasteiger partial charge >= 0.3 is 5.97 Å². The molecule has 15 heavy (non-hydrogen) atoms. The summed E-state index contributed by atoms with van der Waals surface area (Å²) in [6, 6.07) is 0. The Hall–Kier alpha value is -1.12. The second kappa shape index (κ2) is 4.17. The number of hydrogen-bond acceptors (Lipinski definition) is 2. The second-order valence-electron chi connectivity index (χ2n) is 4.60. The van der Waals surface area contributed by atoms with Gasteiger partial charge in [0.2, 0.25) is 0 Å². The van der Waals surface area contributed by atoms with Gasteiger partial charge in [-0.2, -0.15) is 0 Å². The number of ketones is 1. The third-order valence-electron chi connectivity index (χ3n) is 3.51. The van der Waals surface area contributed by atoms with Gasteiger partial charge in [0.1, 0.15) is 5.78 Å². The van der Waals surface area contributed by atoms with Crippen molar-refractivity contribution in [1.82, 2.24) is 0 Å². The van der Waals surface area contributed by atoms with Crippen molar-refractivity contribution in [2.75, 3.05) is 0 Å². The van der Waals surface area contributed by atoms with Crippen LogP contribution in [0.1, 0.15) is 32.1 Å². The van der Waals surface area contributed by atoms with Crippen molar-refractivity contribution in [1.29, 1.82) is 0 Å². The molecule has 1 N–H and O–H groups in total. The summed E-state index contributed by atoms with van der Waals surface area (Å²) in [5.74, 6) is 0.716. The van der Waals surface area contributed by atoms with Crippen LogP contribution < -0.4 is 0 Å². The molecule has 0 aromatic rings. The Bertz CT molecular complexity index is 306. The van der Waals surface area contributed by atoms with E-state index >= 15 is 0 Å². The van der Waals surface area contributed by atoms with Gasteiger partial charge in [-0.3, -0.25) is 9.59 Å². The van der Waals surface area contributed by atoms with Crippen LogP contribution in [0.5, 0.6) is 0 Å². The average molecular weight is 208 g/mol. The number of fused-ring (bicyclic) bond motifs is 2. The lowest BCUT2D eigenvalue weighted by atomic mass is 9.87. The van der Waals surface area contributed by atoms with Crippen molar-refractivity contribution in [3.8, 4) is 0 Å². The molecule has 3 atom stereocenters. The maximum absolute atomic E-state index is 11.8. The fourth-order valence-corrected chi connectivity index (χ4v) is 2.75. The first kappa shape index (κ1) is 10.4. The normalized spacial score (nSPS) is 32.1. The van der Waals surface area contributed by atoms with Crippen LogP contribution in [0.2, 0.25) is 0 Å². The lowest BCUT2D eigenvalue weighted by Crippen LogP contribution is -2.18. The molecular formula is C12H16O3. The fourth-order valence-electron chi connectivity index (χ4n) is 2.75. The molecule has 3 unspecified atom stereocenters. The largest absolute Gasteiger partial charge is 0.481 e. The molecule has 82 valence electrons. The second-order valence-corrected chi connectivity index (χ2v) is 4.60. The molecule has 0 aromatic carbocycles. The van der Waals surface area contributed by atoms with E-state index in [-0.39, 0.29) is 18.1 Å². The van der Waals surface area contributed by atoms with Gasteiger partial charge in [0.15, 0.2) is 0 Å². The first-order valence-corrected chi connectivity index (χ1v) is 5.59. The quantitative estimate of drug-likeness (QED) is 0.703. The monoisotopic (exact) mass is 208 g/mol. The Morgan fingerprint density at radius 1 is 1.20 bits per heavy atom. The van der Waals surface area contributed by atoms with Gasteiger partial charge in [-0.05, 0) is 31.1 Å². The molecular weight excluding hydrogens is 192 g/mol. The minimum absolute atomic E-state index is 0.113. The summed E-state index contributed by atoms with van der Waals surface area (Å²) in [7, 11) is 0. The van der Waals surface area contributed by atoms with Crippen molar-refractivity contribution < 1.29 is 14.7 Å². The van der Waals surface area contributed by atoms with E-state index in [0.717, 1.165) is 12.8 Å². The van der Waals surface area contributed by atoms with Gasteiger partial charge in [0.05, 0.1) is 0 Å². The zero-order valence-electron chi connectivity index (χ0n) is 8.69. The van der Waals surface area contributed by atoms with E-state index in [1.807, 2.05) is 0 Å². The van der Waals surface area contributed by atoms with E-state index in [1.165, 1.54) is 0 Å². The average Bonchev–Trinajstić information content (AvgIpc) is 2.77. The van der Waals surface area contributed by atoms with E-state index < -0.39 is 5.97 Å². The Morgan fingerprint density at radius 3 is 2.53 bits per heavy atom. The number of Topliss-reactive ketones (excluding diaryl/α,β-unsaturated/α-hetero) is 1. The predicted octanol–water partition coefficient (Wildman–Crippen LogP) is 2.02. The molecule has 0 radical (unpaired) electrons. The van der Waals surface area contributed by atoms with E-state index in [4.69, 9.17) is 5.11 Å². The summed E-state index contributed by atoms with van der Waals surface area (Å²) >= 11 is 0. The molecule has 0 saturated heterocycles. The van der Waals surface area contributed by atoms with E-state index in [0.29, 0.717) is 24.7 Å². The number of carboxylic acid groups (broad SMARTS) is 1. The molecule has 0 aliphatic heterocycles. The van der Waals surface area contributed by atoms with Crippen molar-refractivity contribution in [2.45, 2.75) is 32.1 Å². The van der Waals surface area contributed by atoms with Crippen molar-refractivity contribution in [3.05, 3.63) is 12.2 Å². The topological polar surface area (TPSA) is 54.4 Å². The molecule has 0 amide bonds. The highest BCUT2D eigenvalue weighted by Crippen LogP contribution is 2.44. The number of aliphatic carboxylic acids is 1. The zero-order chi connectivity index (χ0) is 10.8. The maximum atomic E-state index is 11.8. The van der Waals surface area contributed by atoms with Gasteiger partial charge in [-0.25, -0.2) is 0 Å². The van der Waals surface area contributed by atoms with Crippen molar-refractivity contribution in [2.24, 2.45) is 17.8 Å². The molecule has 0 heterocycles. The van der Waals surface area contributed by atoms with Crippen LogP contribution in [0.3, 0.4) is 0 Å². The van der Waals surface area contributed by atoms with Gasteiger partial charge in [-0.1, -0.05) is 12.2 Å². The molecule has 2 bridgehead atoms. The summed E-state index contributed by atoms with van der Waals surface area (Å²) in [5.41, 5.74) is 0. The minimum Gasteiger partial charge on any atom is -0.481 e. The first-order chi connectivity index (χ1) is 7.16. The van der Waals surface area contributed by atoms with Gasteiger partial charge in [0, 0.05) is 18.8 Å². The Morgan fingerprint density at radius 2 is 2.00 bits per heavy atom. The summed E-state index contributed by atoms with van der Waals surface area (Å²) in [6.07, 6.45) is 7.55. The number of carbonyl (C=O) groups excluding carboxylic acids is 1. The van der Waals surface area contributed by atoms with Gasteiger partial charge < -0.3 is 5.11 Å². The number of rotatable bonds is 5. The van der Waals surface area contributed by atoms with Crippen LogP contribution in [-0.4, -0.2) is 16.9 Å². The van der Waals surface area contributed by atoms with Crippen LogP contribution in [0.15, 0.2) is 12.2 Å². The van der Waals surface area contributed by atoms with Crippen LogP contribution >= 0.6 is 0 Å². The summed E-state index contributed by atoms with van der Waals surface area (Å²) in [5, 5.41) is 8.47. The van der Waals surface area contributed by atoms with E-state index in [1.54, 1.807) is 0 Å². The minimum atomic E-state index is -0.810. The molecule has 3 nitrogen and oxygen atoms in total. The number of hydrogen-bond donors (Lipinski definition) is 1. The summed E-state index contributed by atoms with van der Waals surface area (Å²) in [4.78, 5) is 22.1. The zero-order valence-corrected chi connectivity index (χ0v) is 8.69. The fraction of sp³-hybridized carbons (Fsp3) is 0.667. The molecule has 2 aliphatic rings. The lowest BCUT2D eigenvalue weighted by molar-refractivity contribution is -0.137. The van der Waals surface area contributed by atoms with Gasteiger partial charge in [-0.15, -0.1) is 0 Å². The lowest BCUT2D eigenvalue weighted by Gasteiger charge is -2.16. The Balaban J connectivity index is 1.77. The maximum Gasteiger partial charge on any atom is 0.303 e. The standard InChI is InChI=1S/C12H16O3/c13-11(2-1-3-12(14)15)10-7-8-4-5-9(10)6-8/h4-5,8-10H,1-3,6-7H2,(H,14,15). The number of carboxylic acids is 1. The molecule has 2 aliphatic carbocycles. The van der Waals surface area contributed by atoms with Crippen LogP contribution in [0.25, 0.3) is 0 Å². The molecule has 0 aromatic heterocycles. The summed E-state index contributed by atoms with van der Waals surface area (Å²) < 4.78 is 0. The van der Waals surface area contributed by atoms with Crippen LogP contribution in [0.4, 0.5) is 0 Å². The SMILES string of the molecule is O=C(O)CCCC(=O)C1CC2C=CC1C2. The smallest absolute Gasteiger partial charge is 0.303 e. The summed E-state index contributed by atoms with van der Waals surface area (Å²) in [6.45, 7) is 0. The highest BCUT2D eigenvalue weighted by Gasteiger charge is 2.38. The highest BCUT2D eigenvalue weighted by molar-refractivity contribution is 5.82. The van der Waals surface area contributed by atoms with Crippen LogP contribution in [-0.2, 0) is 9.59 Å². The first-order valence-electron chi connectivity index (χ1n) is 5.59. The highest BCUT2D eigenvalue weighted by atomic mass is 16.4. The third kappa shape index (κ3) is 2.28. The molecule has 1 fully saturated rings. The molecule has 2 rings (SSSR count).